The number of benzene rings is 1. The molecule has 0 aromatic heterocycles. The number of piperazine rings is 1. The van der Waals surface area contributed by atoms with Crippen molar-refractivity contribution in [2.45, 2.75) is 39.4 Å². The summed E-state index contributed by atoms with van der Waals surface area (Å²) in [6.45, 7) is 8.71. The Morgan fingerprint density at radius 3 is 1.97 bits per heavy atom. The van der Waals surface area contributed by atoms with Gasteiger partial charge in [-0.15, -0.1) is 0 Å². The first kappa shape index (κ1) is 22.7. The van der Waals surface area contributed by atoms with Gasteiger partial charge in [0.2, 0.25) is 21.8 Å². The Bertz CT molecular complexity index is 848. The first-order valence-corrected chi connectivity index (χ1v) is 12.3. The molecule has 2 aliphatic rings. The molecule has 0 bridgehead atoms. The summed E-state index contributed by atoms with van der Waals surface area (Å²) in [5, 5.41) is 0. The Balaban J connectivity index is 1.49. The zero-order chi connectivity index (χ0) is 21.9. The molecule has 166 valence electrons. The predicted octanol–water partition coefficient (Wildman–Crippen LogP) is 1.95. The summed E-state index contributed by atoms with van der Waals surface area (Å²) in [6, 6.07) is 9.18. The van der Waals surface area contributed by atoms with E-state index in [2.05, 4.69) is 0 Å². The Kier molecular flexibility index (Phi) is 6.87. The summed E-state index contributed by atoms with van der Waals surface area (Å²) in [5.41, 5.74) is 0.364. The number of piperidine rings is 1. The minimum atomic E-state index is -3.38. The van der Waals surface area contributed by atoms with Crippen LogP contribution in [0.3, 0.4) is 0 Å². The second-order valence-corrected chi connectivity index (χ2v) is 11.3. The summed E-state index contributed by atoms with van der Waals surface area (Å²) in [6.07, 6.45) is 1.10. The molecule has 0 saturated carbocycles. The molecule has 2 fully saturated rings. The molecule has 2 aliphatic heterocycles. The van der Waals surface area contributed by atoms with E-state index in [0.717, 1.165) is 5.56 Å². The van der Waals surface area contributed by atoms with Crippen molar-refractivity contribution in [3.05, 3.63) is 35.9 Å². The van der Waals surface area contributed by atoms with Gasteiger partial charge in [-0.1, -0.05) is 51.1 Å². The molecule has 7 nitrogen and oxygen atoms in total. The Hall–Kier alpha value is -1.93. The highest BCUT2D eigenvalue weighted by molar-refractivity contribution is 7.88. The highest BCUT2D eigenvalue weighted by Crippen LogP contribution is 2.25. The summed E-state index contributed by atoms with van der Waals surface area (Å²) in [5.74, 6) is 0.0680. The highest BCUT2D eigenvalue weighted by atomic mass is 32.2. The van der Waals surface area contributed by atoms with E-state index in [1.54, 1.807) is 0 Å². The number of carbonyl (C=O) groups is 2. The van der Waals surface area contributed by atoms with Gasteiger partial charge >= 0.3 is 0 Å². The number of nitrogens with zero attached hydrogens (tertiary/aromatic N) is 3. The van der Waals surface area contributed by atoms with Crippen LogP contribution in [-0.4, -0.2) is 73.6 Å². The zero-order valence-corrected chi connectivity index (χ0v) is 19.0. The Labute approximate surface area is 180 Å². The molecule has 2 heterocycles. The first-order valence-electron chi connectivity index (χ1n) is 10.7. The van der Waals surface area contributed by atoms with Gasteiger partial charge < -0.3 is 9.80 Å². The van der Waals surface area contributed by atoms with E-state index in [-0.39, 0.29) is 23.5 Å². The minimum Gasteiger partial charge on any atom is -0.339 e. The van der Waals surface area contributed by atoms with Gasteiger partial charge in [0.15, 0.2) is 0 Å². The van der Waals surface area contributed by atoms with E-state index in [0.29, 0.717) is 52.1 Å². The van der Waals surface area contributed by atoms with Crippen LogP contribution in [0, 0.1) is 11.3 Å². The van der Waals surface area contributed by atoms with Crippen molar-refractivity contribution in [2.24, 2.45) is 11.3 Å². The summed E-state index contributed by atoms with van der Waals surface area (Å²) in [4.78, 5) is 29.0. The Morgan fingerprint density at radius 1 is 0.900 bits per heavy atom. The lowest BCUT2D eigenvalue weighted by molar-refractivity contribution is -0.146. The molecular weight excluding hydrogens is 402 g/mol. The quantitative estimate of drug-likeness (QED) is 0.724. The average Bonchev–Trinajstić information content (AvgIpc) is 2.72. The molecule has 1 aromatic rings. The molecule has 0 atom stereocenters. The van der Waals surface area contributed by atoms with Crippen LogP contribution in [0.2, 0.25) is 0 Å². The van der Waals surface area contributed by atoms with E-state index in [9.17, 15) is 18.0 Å². The van der Waals surface area contributed by atoms with E-state index >= 15 is 0 Å². The normalized spacial score (nSPS) is 19.7. The number of hydrogen-bond acceptors (Lipinski definition) is 4. The van der Waals surface area contributed by atoms with Crippen molar-refractivity contribution in [3.63, 3.8) is 0 Å². The van der Waals surface area contributed by atoms with Gasteiger partial charge in [0.1, 0.15) is 0 Å². The van der Waals surface area contributed by atoms with Crippen LogP contribution in [-0.2, 0) is 25.4 Å². The maximum atomic E-state index is 12.9. The molecule has 30 heavy (non-hydrogen) atoms. The van der Waals surface area contributed by atoms with Gasteiger partial charge in [-0.3, -0.25) is 9.59 Å². The summed E-state index contributed by atoms with van der Waals surface area (Å²) >= 11 is 0. The Morgan fingerprint density at radius 2 is 1.43 bits per heavy atom. The fraction of sp³-hybridized carbons (Fsp3) is 0.636. The monoisotopic (exact) mass is 435 g/mol. The molecular formula is C22H33N3O4S. The van der Waals surface area contributed by atoms with Crippen molar-refractivity contribution in [1.29, 1.82) is 0 Å². The van der Waals surface area contributed by atoms with E-state index in [4.69, 9.17) is 0 Å². The van der Waals surface area contributed by atoms with Crippen molar-refractivity contribution in [3.8, 4) is 0 Å². The minimum absolute atomic E-state index is 0.00375. The van der Waals surface area contributed by atoms with Crippen LogP contribution >= 0.6 is 0 Å². The maximum Gasteiger partial charge on any atom is 0.228 e. The second kappa shape index (κ2) is 9.06. The molecule has 0 unspecified atom stereocenters. The van der Waals surface area contributed by atoms with E-state index in [1.165, 1.54) is 4.31 Å². The number of sulfonamides is 1. The van der Waals surface area contributed by atoms with Gasteiger partial charge in [-0.2, -0.15) is 0 Å². The maximum absolute atomic E-state index is 12.9. The van der Waals surface area contributed by atoms with Crippen molar-refractivity contribution >= 4 is 21.8 Å². The fourth-order valence-electron chi connectivity index (χ4n) is 4.12. The number of rotatable bonds is 4. The SMILES string of the molecule is CC(C)(C)C(=O)N1CCN(C(=O)C2CCN(S(=O)(=O)Cc3ccccc3)CC2)CC1. The van der Waals surface area contributed by atoms with Crippen LogP contribution in [0.4, 0.5) is 0 Å². The first-order chi connectivity index (χ1) is 14.1. The lowest BCUT2D eigenvalue weighted by Crippen LogP contribution is -2.54. The van der Waals surface area contributed by atoms with Crippen molar-refractivity contribution in [2.75, 3.05) is 39.3 Å². The smallest absolute Gasteiger partial charge is 0.228 e. The van der Waals surface area contributed by atoms with Gasteiger partial charge in [0.05, 0.1) is 5.75 Å². The lowest BCUT2D eigenvalue weighted by atomic mass is 9.94. The van der Waals surface area contributed by atoms with Gasteiger partial charge in [0, 0.05) is 50.6 Å². The van der Waals surface area contributed by atoms with E-state index in [1.807, 2.05) is 60.9 Å². The molecule has 0 aliphatic carbocycles. The number of carbonyl (C=O) groups excluding carboxylic acids is 2. The molecule has 2 amide bonds. The highest BCUT2D eigenvalue weighted by Gasteiger charge is 2.35. The summed E-state index contributed by atoms with van der Waals surface area (Å²) in [7, 11) is -3.38. The van der Waals surface area contributed by atoms with Crippen LogP contribution in [0.25, 0.3) is 0 Å². The van der Waals surface area contributed by atoms with E-state index < -0.39 is 15.4 Å². The van der Waals surface area contributed by atoms with Gasteiger partial charge in [-0.25, -0.2) is 12.7 Å². The van der Waals surface area contributed by atoms with Crippen LogP contribution in [0.5, 0.6) is 0 Å². The molecule has 0 radical (unpaired) electrons. The summed E-state index contributed by atoms with van der Waals surface area (Å²) < 4.78 is 26.9. The third kappa shape index (κ3) is 5.40. The molecule has 2 saturated heterocycles. The average molecular weight is 436 g/mol. The van der Waals surface area contributed by atoms with Crippen molar-refractivity contribution in [1.82, 2.24) is 14.1 Å². The molecule has 8 heteroatoms. The van der Waals surface area contributed by atoms with Crippen LogP contribution in [0.15, 0.2) is 30.3 Å². The van der Waals surface area contributed by atoms with Crippen molar-refractivity contribution < 1.29 is 18.0 Å². The molecule has 0 spiro atoms. The van der Waals surface area contributed by atoms with Gasteiger partial charge in [0.25, 0.3) is 0 Å². The molecule has 0 N–H and O–H groups in total. The zero-order valence-electron chi connectivity index (χ0n) is 18.2. The topological polar surface area (TPSA) is 78.0 Å². The fourth-order valence-corrected chi connectivity index (χ4v) is 5.68. The van der Waals surface area contributed by atoms with Crippen LogP contribution < -0.4 is 0 Å². The molecule has 3 rings (SSSR count). The standard InChI is InChI=1S/C22H33N3O4S/c1-22(2,3)21(27)24-15-13-23(14-16-24)20(26)19-9-11-25(12-10-19)30(28,29)17-18-7-5-4-6-8-18/h4-8,19H,9-17H2,1-3H3. The number of hydrogen-bond donors (Lipinski definition) is 0. The third-order valence-corrected chi connectivity index (χ3v) is 7.76. The van der Waals surface area contributed by atoms with Crippen LogP contribution in [0.1, 0.15) is 39.2 Å². The molecule has 1 aromatic carbocycles. The van der Waals surface area contributed by atoms with Gasteiger partial charge in [-0.05, 0) is 18.4 Å². The lowest BCUT2D eigenvalue weighted by Gasteiger charge is -2.40. The number of amides is 2. The second-order valence-electron chi connectivity index (χ2n) is 9.28. The third-order valence-electron chi connectivity index (χ3n) is 5.91. The largest absolute Gasteiger partial charge is 0.339 e. The predicted molar refractivity (Wildman–Crippen MR) is 116 cm³/mol.